The van der Waals surface area contributed by atoms with E-state index < -0.39 is 18.1 Å². The second-order valence-electron chi connectivity index (χ2n) is 8.37. The number of carboxylic acid groups (broad SMARTS) is 1. The lowest BCUT2D eigenvalue weighted by Crippen LogP contribution is -2.46. The number of fused-ring (bicyclic) bond motifs is 3. The maximum absolute atomic E-state index is 12.7. The first-order valence-electron chi connectivity index (χ1n) is 11.6. The molecule has 2 aromatic carbocycles. The Balaban J connectivity index is 1.36. The van der Waals surface area contributed by atoms with Gasteiger partial charge in [-0.3, -0.25) is 9.78 Å². The Bertz CT molecular complexity index is 1200. The molecule has 0 saturated heterocycles. The van der Waals surface area contributed by atoms with Crippen LogP contribution in [0.15, 0.2) is 66.9 Å². The topological polar surface area (TPSA) is 118 Å². The quantitative estimate of drug-likeness (QED) is 0.431. The Morgan fingerprint density at radius 1 is 1.03 bits per heavy atom. The number of pyridine rings is 1. The smallest absolute Gasteiger partial charge is 0.407 e. The number of carbonyl (C=O) groups excluding carboxylic acids is 2. The first-order chi connectivity index (χ1) is 17.0. The molecule has 0 saturated carbocycles. The highest BCUT2D eigenvalue weighted by Gasteiger charge is 2.29. The minimum Gasteiger partial charge on any atom is -0.478 e. The number of hydrogen-bond acceptors (Lipinski definition) is 5. The van der Waals surface area contributed by atoms with Gasteiger partial charge in [-0.15, -0.1) is 0 Å². The summed E-state index contributed by atoms with van der Waals surface area (Å²) in [4.78, 5) is 40.5. The van der Waals surface area contributed by atoms with E-state index >= 15 is 0 Å². The predicted octanol–water partition coefficient (Wildman–Crippen LogP) is 4.10. The maximum atomic E-state index is 12.7. The Labute approximate surface area is 203 Å². The fourth-order valence-electron chi connectivity index (χ4n) is 4.35. The molecule has 1 heterocycles. The van der Waals surface area contributed by atoms with Gasteiger partial charge < -0.3 is 20.5 Å². The van der Waals surface area contributed by atoms with E-state index in [-0.39, 0.29) is 30.5 Å². The number of alkyl carbamates (subject to hydrolysis) is 1. The number of hydrogen-bond donors (Lipinski definition) is 3. The van der Waals surface area contributed by atoms with Crippen molar-refractivity contribution in [3.8, 4) is 11.1 Å². The second kappa shape index (κ2) is 10.8. The zero-order valence-electron chi connectivity index (χ0n) is 19.4. The molecule has 4 rings (SSSR count). The van der Waals surface area contributed by atoms with Gasteiger partial charge in [0, 0.05) is 12.1 Å². The molecule has 35 heavy (non-hydrogen) atoms. The zero-order valence-corrected chi connectivity index (χ0v) is 19.4. The SMILES string of the molecule is CCCC(NC(=O)OCC1c2ccccc2-c2ccccc21)C(=O)NCc1cc(C(=O)O)ccn1. The van der Waals surface area contributed by atoms with Crippen LogP contribution in [0.5, 0.6) is 0 Å². The summed E-state index contributed by atoms with van der Waals surface area (Å²) in [6.45, 7) is 2.12. The number of carbonyl (C=O) groups is 3. The first-order valence-corrected chi connectivity index (χ1v) is 11.6. The molecule has 180 valence electrons. The Morgan fingerprint density at radius 2 is 1.69 bits per heavy atom. The van der Waals surface area contributed by atoms with Crippen molar-refractivity contribution in [2.75, 3.05) is 6.61 Å². The fraction of sp³-hybridized carbons (Fsp3) is 0.259. The van der Waals surface area contributed by atoms with Gasteiger partial charge in [-0.1, -0.05) is 61.9 Å². The number of carboxylic acids is 1. The third-order valence-corrected chi connectivity index (χ3v) is 6.04. The molecular weight excluding hydrogens is 446 g/mol. The van der Waals surface area contributed by atoms with E-state index in [1.54, 1.807) is 0 Å². The number of ether oxygens (including phenoxy) is 1. The third-order valence-electron chi connectivity index (χ3n) is 6.04. The first kappa shape index (κ1) is 23.9. The number of amides is 2. The molecule has 0 fully saturated rings. The standard InChI is InChI=1S/C27H27N3O5/c1-2-7-24(25(31)29-15-18-14-17(26(32)33)12-13-28-18)30-27(34)35-16-23-21-10-5-3-8-19(21)20-9-4-6-11-22(20)23/h3-6,8-14,23-24H,2,7,15-16H2,1H3,(H,29,31)(H,30,34)(H,32,33). The van der Waals surface area contributed by atoms with Crippen molar-refractivity contribution >= 4 is 18.0 Å². The summed E-state index contributed by atoms with van der Waals surface area (Å²) >= 11 is 0. The number of aromatic nitrogens is 1. The zero-order chi connectivity index (χ0) is 24.8. The van der Waals surface area contributed by atoms with E-state index in [4.69, 9.17) is 9.84 Å². The van der Waals surface area contributed by atoms with Gasteiger partial charge in [0.15, 0.2) is 0 Å². The van der Waals surface area contributed by atoms with Gasteiger partial charge in [-0.05, 0) is 40.8 Å². The molecule has 3 aromatic rings. The Hall–Kier alpha value is -4.20. The highest BCUT2D eigenvalue weighted by Crippen LogP contribution is 2.44. The summed E-state index contributed by atoms with van der Waals surface area (Å²) in [6.07, 6.45) is 1.82. The van der Waals surface area contributed by atoms with Gasteiger partial charge in [0.05, 0.1) is 17.8 Å². The minimum absolute atomic E-state index is 0.0482. The van der Waals surface area contributed by atoms with Crippen molar-refractivity contribution < 1.29 is 24.2 Å². The molecule has 1 aromatic heterocycles. The molecule has 0 aliphatic heterocycles. The molecule has 8 heteroatoms. The fourth-order valence-corrected chi connectivity index (χ4v) is 4.35. The van der Waals surface area contributed by atoms with Crippen LogP contribution >= 0.6 is 0 Å². The monoisotopic (exact) mass is 473 g/mol. The normalized spacial score (nSPS) is 12.8. The average Bonchev–Trinajstić information content (AvgIpc) is 3.19. The lowest BCUT2D eigenvalue weighted by Gasteiger charge is -2.19. The van der Waals surface area contributed by atoms with Gasteiger partial charge in [0.25, 0.3) is 0 Å². The van der Waals surface area contributed by atoms with Gasteiger partial charge >= 0.3 is 12.1 Å². The van der Waals surface area contributed by atoms with Gasteiger partial charge in [0.2, 0.25) is 5.91 Å². The van der Waals surface area contributed by atoms with Gasteiger partial charge in [0.1, 0.15) is 12.6 Å². The number of benzene rings is 2. The molecular formula is C27H27N3O5. The molecule has 0 spiro atoms. The van der Waals surface area contributed by atoms with Crippen LogP contribution in [0, 0.1) is 0 Å². The maximum Gasteiger partial charge on any atom is 0.407 e. The van der Waals surface area contributed by atoms with Crippen molar-refractivity contribution in [2.45, 2.75) is 38.3 Å². The van der Waals surface area contributed by atoms with Crippen LogP contribution in [0.4, 0.5) is 4.79 Å². The van der Waals surface area contributed by atoms with Crippen LogP contribution in [0.1, 0.15) is 52.9 Å². The van der Waals surface area contributed by atoms with Crippen LogP contribution < -0.4 is 10.6 Å². The number of nitrogens with zero attached hydrogens (tertiary/aromatic N) is 1. The van der Waals surface area contributed by atoms with E-state index in [1.807, 2.05) is 43.3 Å². The van der Waals surface area contributed by atoms with E-state index in [0.29, 0.717) is 18.5 Å². The van der Waals surface area contributed by atoms with Crippen LogP contribution in [0.25, 0.3) is 11.1 Å². The molecule has 0 bridgehead atoms. The molecule has 1 atom stereocenters. The van der Waals surface area contributed by atoms with E-state index in [2.05, 4.69) is 27.8 Å². The van der Waals surface area contributed by atoms with Crippen LogP contribution in [0.3, 0.4) is 0 Å². The number of rotatable bonds is 9. The summed E-state index contributed by atoms with van der Waals surface area (Å²) in [5.74, 6) is -1.53. The average molecular weight is 474 g/mol. The van der Waals surface area contributed by atoms with Crippen molar-refractivity contribution in [2.24, 2.45) is 0 Å². The van der Waals surface area contributed by atoms with Crippen LogP contribution in [0.2, 0.25) is 0 Å². The number of aromatic carboxylic acids is 1. The Kier molecular flexibility index (Phi) is 7.40. The van der Waals surface area contributed by atoms with Crippen molar-refractivity contribution in [1.82, 2.24) is 15.6 Å². The van der Waals surface area contributed by atoms with Gasteiger partial charge in [-0.25, -0.2) is 9.59 Å². The van der Waals surface area contributed by atoms with Crippen LogP contribution in [-0.4, -0.2) is 40.7 Å². The minimum atomic E-state index is -1.07. The summed E-state index contributed by atoms with van der Waals surface area (Å²) in [5, 5.41) is 14.5. The molecule has 3 N–H and O–H groups in total. The highest BCUT2D eigenvalue weighted by molar-refractivity contribution is 5.88. The van der Waals surface area contributed by atoms with Crippen molar-refractivity contribution in [3.63, 3.8) is 0 Å². The Morgan fingerprint density at radius 3 is 2.31 bits per heavy atom. The summed E-state index contributed by atoms with van der Waals surface area (Å²) in [6, 6.07) is 18.2. The molecule has 1 aliphatic rings. The lowest BCUT2D eigenvalue weighted by molar-refractivity contribution is -0.123. The van der Waals surface area contributed by atoms with Crippen molar-refractivity contribution in [1.29, 1.82) is 0 Å². The van der Waals surface area contributed by atoms with E-state index in [1.165, 1.54) is 18.3 Å². The van der Waals surface area contributed by atoms with E-state index in [9.17, 15) is 14.4 Å². The number of nitrogens with one attached hydrogen (secondary N) is 2. The molecule has 8 nitrogen and oxygen atoms in total. The summed E-state index contributed by atoms with van der Waals surface area (Å²) < 4.78 is 5.56. The largest absolute Gasteiger partial charge is 0.478 e. The third kappa shape index (κ3) is 5.48. The van der Waals surface area contributed by atoms with Crippen LogP contribution in [-0.2, 0) is 16.1 Å². The molecule has 1 unspecified atom stereocenters. The molecule has 0 radical (unpaired) electrons. The summed E-state index contributed by atoms with van der Waals surface area (Å²) in [5.41, 5.74) is 5.00. The van der Waals surface area contributed by atoms with Crippen molar-refractivity contribution in [3.05, 3.63) is 89.2 Å². The lowest BCUT2D eigenvalue weighted by atomic mass is 9.98. The second-order valence-corrected chi connectivity index (χ2v) is 8.37. The highest BCUT2D eigenvalue weighted by atomic mass is 16.5. The molecule has 2 amide bonds. The summed E-state index contributed by atoms with van der Waals surface area (Å²) in [7, 11) is 0. The van der Waals surface area contributed by atoms with E-state index in [0.717, 1.165) is 22.3 Å². The molecule has 1 aliphatic carbocycles. The predicted molar refractivity (Wildman–Crippen MR) is 130 cm³/mol. The van der Waals surface area contributed by atoms with Gasteiger partial charge in [-0.2, -0.15) is 0 Å².